The molecule has 0 bridgehead atoms. The molecular formula is C14H20N4. The summed E-state index contributed by atoms with van der Waals surface area (Å²) in [5.74, 6) is 0.907. The molecule has 0 aliphatic carbocycles. The largest absolute Gasteiger partial charge is 0.306 e. The molecule has 0 unspecified atom stereocenters. The molecule has 0 radical (unpaired) electrons. The molecule has 2 aromatic heterocycles. The molecule has 2 aromatic rings. The zero-order chi connectivity index (χ0) is 13.2. The summed E-state index contributed by atoms with van der Waals surface area (Å²) in [6.45, 7) is 9.19. The third-order valence-electron chi connectivity index (χ3n) is 2.57. The fourth-order valence-electron chi connectivity index (χ4n) is 1.61. The van der Waals surface area contributed by atoms with Gasteiger partial charge in [-0.2, -0.15) is 0 Å². The molecule has 96 valence electrons. The van der Waals surface area contributed by atoms with Crippen LogP contribution in [-0.4, -0.2) is 20.1 Å². The Labute approximate surface area is 108 Å². The SMILES string of the molecule is Cc1cccc(-n2cnc(CNC(C)(C)C)c2)n1. The first-order chi connectivity index (χ1) is 8.44. The molecule has 2 rings (SSSR count). The molecule has 0 saturated heterocycles. The predicted molar refractivity (Wildman–Crippen MR) is 72.7 cm³/mol. The van der Waals surface area contributed by atoms with E-state index in [2.05, 4.69) is 36.1 Å². The first kappa shape index (κ1) is 12.8. The van der Waals surface area contributed by atoms with E-state index in [4.69, 9.17) is 0 Å². The Hall–Kier alpha value is -1.68. The molecule has 0 aliphatic rings. The van der Waals surface area contributed by atoms with Crippen LogP contribution in [0.25, 0.3) is 5.82 Å². The Bertz CT molecular complexity index is 523. The standard InChI is InChI=1S/C14H20N4/c1-11-6-5-7-13(17-11)18-9-12(15-10-18)8-16-14(2,3)4/h5-7,9-10,16H,8H2,1-4H3. The second-order valence-corrected chi connectivity index (χ2v) is 5.51. The maximum atomic E-state index is 4.47. The molecule has 18 heavy (non-hydrogen) atoms. The van der Waals surface area contributed by atoms with Crippen LogP contribution in [0.3, 0.4) is 0 Å². The van der Waals surface area contributed by atoms with E-state index < -0.39 is 0 Å². The van der Waals surface area contributed by atoms with Gasteiger partial charge < -0.3 is 5.32 Å². The molecule has 1 N–H and O–H groups in total. The highest BCUT2D eigenvalue weighted by molar-refractivity contribution is 5.25. The quantitative estimate of drug-likeness (QED) is 0.902. The first-order valence-electron chi connectivity index (χ1n) is 6.16. The van der Waals surface area contributed by atoms with Crippen molar-refractivity contribution in [1.29, 1.82) is 0 Å². The minimum Gasteiger partial charge on any atom is -0.306 e. The maximum Gasteiger partial charge on any atom is 0.138 e. The number of aryl methyl sites for hydroxylation is 1. The van der Waals surface area contributed by atoms with Crippen molar-refractivity contribution in [1.82, 2.24) is 19.9 Å². The van der Waals surface area contributed by atoms with Gasteiger partial charge in [0.2, 0.25) is 0 Å². The Balaban J connectivity index is 2.11. The number of pyridine rings is 1. The van der Waals surface area contributed by atoms with Crippen LogP contribution in [0.2, 0.25) is 0 Å². The molecule has 0 spiro atoms. The van der Waals surface area contributed by atoms with Crippen LogP contribution in [0, 0.1) is 6.92 Å². The average molecular weight is 244 g/mol. The van der Waals surface area contributed by atoms with Gasteiger partial charge in [0.15, 0.2) is 0 Å². The van der Waals surface area contributed by atoms with E-state index in [1.54, 1.807) is 6.33 Å². The van der Waals surface area contributed by atoms with E-state index in [1.807, 2.05) is 35.9 Å². The van der Waals surface area contributed by atoms with Crippen molar-refractivity contribution in [2.45, 2.75) is 39.8 Å². The molecule has 0 atom stereocenters. The summed E-state index contributed by atoms with van der Waals surface area (Å²) >= 11 is 0. The smallest absolute Gasteiger partial charge is 0.138 e. The van der Waals surface area contributed by atoms with E-state index in [-0.39, 0.29) is 5.54 Å². The Morgan fingerprint density at radius 1 is 1.28 bits per heavy atom. The van der Waals surface area contributed by atoms with E-state index in [9.17, 15) is 0 Å². The number of hydrogen-bond donors (Lipinski definition) is 1. The molecule has 2 heterocycles. The lowest BCUT2D eigenvalue weighted by atomic mass is 10.1. The number of hydrogen-bond acceptors (Lipinski definition) is 3. The first-order valence-corrected chi connectivity index (χ1v) is 6.16. The summed E-state index contributed by atoms with van der Waals surface area (Å²) in [5, 5.41) is 3.42. The number of nitrogens with one attached hydrogen (secondary N) is 1. The fourth-order valence-corrected chi connectivity index (χ4v) is 1.61. The maximum absolute atomic E-state index is 4.47. The topological polar surface area (TPSA) is 42.7 Å². The van der Waals surface area contributed by atoms with Crippen molar-refractivity contribution in [3.05, 3.63) is 42.1 Å². The van der Waals surface area contributed by atoms with Crippen LogP contribution in [0.1, 0.15) is 32.2 Å². The Morgan fingerprint density at radius 2 is 2.06 bits per heavy atom. The molecule has 4 heteroatoms. The molecule has 0 amide bonds. The summed E-state index contributed by atoms with van der Waals surface area (Å²) in [4.78, 5) is 8.85. The van der Waals surface area contributed by atoms with Crippen molar-refractivity contribution in [3.63, 3.8) is 0 Å². The Morgan fingerprint density at radius 3 is 2.72 bits per heavy atom. The molecule has 0 aromatic carbocycles. The van der Waals surface area contributed by atoms with Gasteiger partial charge in [0, 0.05) is 24.0 Å². The predicted octanol–water partition coefficient (Wildman–Crippen LogP) is 2.46. The normalized spacial score (nSPS) is 11.8. The van der Waals surface area contributed by atoms with Gasteiger partial charge >= 0.3 is 0 Å². The third kappa shape index (κ3) is 3.40. The number of nitrogens with zero attached hydrogens (tertiary/aromatic N) is 3. The molecule has 0 fully saturated rings. The van der Waals surface area contributed by atoms with Crippen molar-refractivity contribution < 1.29 is 0 Å². The third-order valence-corrected chi connectivity index (χ3v) is 2.57. The van der Waals surface area contributed by atoms with Gasteiger partial charge in [-0.15, -0.1) is 0 Å². The minimum absolute atomic E-state index is 0.103. The summed E-state index contributed by atoms with van der Waals surface area (Å²) in [7, 11) is 0. The van der Waals surface area contributed by atoms with E-state index in [0.717, 1.165) is 23.8 Å². The van der Waals surface area contributed by atoms with Gasteiger partial charge in [0.25, 0.3) is 0 Å². The second-order valence-electron chi connectivity index (χ2n) is 5.51. The molecule has 0 saturated carbocycles. The monoisotopic (exact) mass is 244 g/mol. The van der Waals surface area contributed by atoms with Crippen LogP contribution in [0.5, 0.6) is 0 Å². The zero-order valence-corrected chi connectivity index (χ0v) is 11.4. The molecule has 4 nitrogen and oxygen atoms in total. The zero-order valence-electron chi connectivity index (χ0n) is 11.4. The number of rotatable bonds is 3. The van der Waals surface area contributed by atoms with Crippen molar-refractivity contribution >= 4 is 0 Å². The van der Waals surface area contributed by atoms with Gasteiger partial charge in [-0.05, 0) is 39.8 Å². The lowest BCUT2D eigenvalue weighted by Gasteiger charge is -2.19. The summed E-state index contributed by atoms with van der Waals surface area (Å²) in [5.41, 5.74) is 2.13. The van der Waals surface area contributed by atoms with Crippen LogP contribution < -0.4 is 5.32 Å². The average Bonchev–Trinajstić information content (AvgIpc) is 2.74. The van der Waals surface area contributed by atoms with E-state index in [1.165, 1.54) is 0 Å². The lowest BCUT2D eigenvalue weighted by Crippen LogP contribution is -2.35. The van der Waals surface area contributed by atoms with Crippen molar-refractivity contribution in [3.8, 4) is 5.82 Å². The van der Waals surface area contributed by atoms with Gasteiger partial charge in [0.05, 0.1) is 5.69 Å². The Kier molecular flexibility index (Phi) is 3.48. The number of aromatic nitrogens is 3. The number of imidazole rings is 1. The lowest BCUT2D eigenvalue weighted by molar-refractivity contribution is 0.421. The van der Waals surface area contributed by atoms with Crippen molar-refractivity contribution in [2.75, 3.05) is 0 Å². The van der Waals surface area contributed by atoms with E-state index >= 15 is 0 Å². The van der Waals surface area contributed by atoms with Crippen LogP contribution in [0.15, 0.2) is 30.7 Å². The highest BCUT2D eigenvalue weighted by Gasteiger charge is 2.09. The van der Waals surface area contributed by atoms with Gasteiger partial charge in [-0.1, -0.05) is 6.07 Å². The minimum atomic E-state index is 0.103. The van der Waals surface area contributed by atoms with Gasteiger partial charge in [-0.3, -0.25) is 4.57 Å². The van der Waals surface area contributed by atoms with Crippen molar-refractivity contribution in [2.24, 2.45) is 0 Å². The summed E-state index contributed by atoms with van der Waals surface area (Å²) in [6.07, 6.45) is 3.82. The summed E-state index contributed by atoms with van der Waals surface area (Å²) in [6, 6.07) is 5.98. The fraction of sp³-hybridized carbons (Fsp3) is 0.429. The highest BCUT2D eigenvalue weighted by Crippen LogP contribution is 2.08. The van der Waals surface area contributed by atoms with Crippen LogP contribution in [0.4, 0.5) is 0 Å². The highest BCUT2D eigenvalue weighted by atomic mass is 15.1. The second kappa shape index (κ2) is 4.90. The van der Waals surface area contributed by atoms with Crippen LogP contribution >= 0.6 is 0 Å². The molecular weight excluding hydrogens is 224 g/mol. The summed E-state index contributed by atoms with van der Waals surface area (Å²) < 4.78 is 1.95. The van der Waals surface area contributed by atoms with Crippen LogP contribution in [-0.2, 0) is 6.54 Å². The van der Waals surface area contributed by atoms with Gasteiger partial charge in [0.1, 0.15) is 12.1 Å². The van der Waals surface area contributed by atoms with E-state index in [0.29, 0.717) is 0 Å². The van der Waals surface area contributed by atoms with Gasteiger partial charge in [-0.25, -0.2) is 9.97 Å². The molecule has 0 aliphatic heterocycles.